The summed E-state index contributed by atoms with van der Waals surface area (Å²) in [4.78, 5) is 27.6. The number of halogens is 1. The number of alkyl halides is 1. The fourth-order valence-electron chi connectivity index (χ4n) is 4.73. The minimum Gasteiger partial charge on any atom is -0.469 e. The molecule has 0 unspecified atom stereocenters. The van der Waals surface area contributed by atoms with E-state index >= 15 is 0 Å². The van der Waals surface area contributed by atoms with Crippen LogP contribution in [0.5, 0.6) is 0 Å². The first-order chi connectivity index (χ1) is 15.0. The molecule has 6 atom stereocenters. The van der Waals surface area contributed by atoms with Gasteiger partial charge in [-0.05, 0) is 24.7 Å². The van der Waals surface area contributed by atoms with Crippen molar-refractivity contribution in [3.8, 4) is 0 Å². The van der Waals surface area contributed by atoms with Crippen molar-refractivity contribution in [2.45, 2.75) is 42.7 Å². The lowest BCUT2D eigenvalue weighted by molar-refractivity contribution is -0.159. The number of hydrogen-bond acceptors (Lipinski definition) is 6. The monoisotopic (exact) mass is 443 g/mol. The minimum absolute atomic E-state index is 0.0816. The smallest absolute Gasteiger partial charge is 0.338 e. The quantitative estimate of drug-likeness (QED) is 0.504. The van der Waals surface area contributed by atoms with Crippen molar-refractivity contribution in [3.05, 3.63) is 71.8 Å². The van der Waals surface area contributed by atoms with Crippen LogP contribution in [-0.4, -0.2) is 60.7 Å². The van der Waals surface area contributed by atoms with E-state index in [4.69, 9.17) is 25.8 Å². The summed E-state index contributed by atoms with van der Waals surface area (Å²) in [5.41, 5.74) is 1.47. The average Bonchev–Trinajstić information content (AvgIpc) is 2.95. The number of methoxy groups -OCH3 is 1. The molecule has 2 aromatic carbocycles. The van der Waals surface area contributed by atoms with Crippen LogP contribution >= 0.6 is 11.6 Å². The molecule has 0 saturated carbocycles. The van der Waals surface area contributed by atoms with Gasteiger partial charge in [0.25, 0.3) is 0 Å². The van der Waals surface area contributed by atoms with Crippen LogP contribution in [0.15, 0.2) is 60.7 Å². The van der Waals surface area contributed by atoms with Crippen LogP contribution in [0.2, 0.25) is 0 Å². The van der Waals surface area contributed by atoms with E-state index in [0.717, 1.165) is 5.56 Å². The zero-order valence-electron chi connectivity index (χ0n) is 17.5. The van der Waals surface area contributed by atoms with Gasteiger partial charge in [-0.2, -0.15) is 0 Å². The predicted molar refractivity (Wildman–Crippen MR) is 116 cm³/mol. The van der Waals surface area contributed by atoms with E-state index in [1.54, 1.807) is 24.3 Å². The lowest BCUT2D eigenvalue weighted by Crippen LogP contribution is -2.56. The maximum atomic E-state index is 12.8. The van der Waals surface area contributed by atoms with E-state index in [1.807, 2.05) is 43.4 Å². The van der Waals surface area contributed by atoms with Gasteiger partial charge in [0.1, 0.15) is 12.0 Å². The van der Waals surface area contributed by atoms with E-state index in [9.17, 15) is 9.59 Å². The highest BCUT2D eigenvalue weighted by Gasteiger charge is 2.60. The summed E-state index contributed by atoms with van der Waals surface area (Å²) in [6, 6.07) is 18.1. The highest BCUT2D eigenvalue weighted by atomic mass is 35.5. The number of benzene rings is 2. The van der Waals surface area contributed by atoms with Crippen LogP contribution in [0, 0.1) is 5.92 Å². The molecule has 31 heavy (non-hydrogen) atoms. The van der Waals surface area contributed by atoms with Gasteiger partial charge in [0.15, 0.2) is 0 Å². The third-order valence-electron chi connectivity index (χ3n) is 6.28. The van der Waals surface area contributed by atoms with Crippen molar-refractivity contribution < 1.29 is 23.8 Å². The Morgan fingerprint density at radius 3 is 2.35 bits per heavy atom. The van der Waals surface area contributed by atoms with Crippen LogP contribution in [0.3, 0.4) is 0 Å². The first-order valence-corrected chi connectivity index (χ1v) is 10.8. The van der Waals surface area contributed by atoms with Crippen molar-refractivity contribution in [1.29, 1.82) is 0 Å². The third-order valence-corrected chi connectivity index (χ3v) is 6.82. The molecule has 0 spiro atoms. The fourth-order valence-corrected chi connectivity index (χ4v) is 5.23. The molecule has 0 amide bonds. The second-order valence-electron chi connectivity index (χ2n) is 8.02. The molecule has 2 bridgehead atoms. The zero-order chi connectivity index (χ0) is 22.0. The van der Waals surface area contributed by atoms with Gasteiger partial charge in [-0.1, -0.05) is 48.5 Å². The predicted octanol–water partition coefficient (Wildman–Crippen LogP) is 3.28. The highest BCUT2D eigenvalue weighted by molar-refractivity contribution is 6.22. The van der Waals surface area contributed by atoms with Gasteiger partial charge >= 0.3 is 11.9 Å². The molecular weight excluding hydrogens is 418 g/mol. The number of hydrogen-bond donors (Lipinski definition) is 0. The van der Waals surface area contributed by atoms with Gasteiger partial charge in [0.2, 0.25) is 0 Å². The Morgan fingerprint density at radius 1 is 1.06 bits per heavy atom. The lowest BCUT2D eigenvalue weighted by Gasteiger charge is -2.41. The molecule has 2 aliphatic rings. The molecule has 2 aliphatic heterocycles. The van der Waals surface area contributed by atoms with Crippen molar-refractivity contribution in [2.24, 2.45) is 5.92 Å². The second-order valence-corrected chi connectivity index (χ2v) is 8.53. The number of piperidine rings is 1. The molecule has 2 saturated heterocycles. The van der Waals surface area contributed by atoms with E-state index in [-0.39, 0.29) is 17.5 Å². The van der Waals surface area contributed by atoms with Crippen molar-refractivity contribution in [1.82, 2.24) is 4.90 Å². The van der Waals surface area contributed by atoms with E-state index in [1.165, 1.54) is 7.11 Å². The van der Waals surface area contributed by atoms with Crippen LogP contribution in [0.25, 0.3) is 0 Å². The van der Waals surface area contributed by atoms with Crippen LogP contribution in [0.1, 0.15) is 22.3 Å². The number of ether oxygens (including phenoxy) is 3. The minimum atomic E-state index is -0.691. The molecule has 2 heterocycles. The summed E-state index contributed by atoms with van der Waals surface area (Å²) in [6.45, 7) is 0.383. The Balaban J connectivity index is 1.57. The van der Waals surface area contributed by atoms with E-state index < -0.39 is 30.1 Å². The molecule has 2 aromatic rings. The number of esters is 2. The summed E-state index contributed by atoms with van der Waals surface area (Å²) in [5, 5.41) is -0.341. The Bertz CT molecular complexity index is 909. The molecule has 0 aliphatic carbocycles. The molecule has 0 radical (unpaired) electrons. The average molecular weight is 444 g/mol. The van der Waals surface area contributed by atoms with Crippen LogP contribution in [-0.2, 0) is 25.6 Å². The highest BCUT2D eigenvalue weighted by Crippen LogP contribution is 2.44. The molecule has 4 rings (SSSR count). The van der Waals surface area contributed by atoms with E-state index in [2.05, 4.69) is 4.90 Å². The van der Waals surface area contributed by atoms with Gasteiger partial charge in [-0.3, -0.25) is 9.69 Å². The van der Waals surface area contributed by atoms with Crippen molar-refractivity contribution in [3.63, 3.8) is 0 Å². The van der Waals surface area contributed by atoms with Crippen LogP contribution in [0.4, 0.5) is 0 Å². The largest absolute Gasteiger partial charge is 0.469 e. The third kappa shape index (κ3) is 4.33. The van der Waals surface area contributed by atoms with Gasteiger partial charge < -0.3 is 14.2 Å². The molecule has 0 N–H and O–H groups in total. The van der Waals surface area contributed by atoms with Gasteiger partial charge in [-0.25, -0.2) is 4.79 Å². The molecular formula is C24H26ClNO5. The summed E-state index contributed by atoms with van der Waals surface area (Å²) in [7, 11) is 3.28. The number of carbonyl (C=O) groups is 2. The Labute approximate surface area is 187 Å². The SMILES string of the molecule is COC(=O)[C@@H]1[C@H]2[C@@H](OCc3ccccc3)[C@@H](Cl)[C@@H](C[C@@H]1OC(=O)c1ccccc1)N2C. The normalized spacial score (nSPS) is 30.0. The number of rotatable bonds is 6. The number of carbonyl (C=O) groups excluding carboxylic acids is 2. The lowest BCUT2D eigenvalue weighted by atomic mass is 9.87. The summed E-state index contributed by atoms with van der Waals surface area (Å²) < 4.78 is 17.1. The Kier molecular flexibility index (Phi) is 6.60. The fraction of sp³-hybridized carbons (Fsp3) is 0.417. The molecule has 164 valence electrons. The molecule has 7 heteroatoms. The molecule has 6 nitrogen and oxygen atoms in total. The summed E-state index contributed by atoms with van der Waals surface area (Å²) in [6.07, 6.45) is -0.607. The van der Waals surface area contributed by atoms with Crippen molar-refractivity contribution in [2.75, 3.05) is 14.2 Å². The van der Waals surface area contributed by atoms with Gasteiger partial charge in [0.05, 0.1) is 36.8 Å². The first-order valence-electron chi connectivity index (χ1n) is 10.4. The number of fused-ring (bicyclic) bond motifs is 2. The zero-order valence-corrected chi connectivity index (χ0v) is 18.3. The van der Waals surface area contributed by atoms with Gasteiger partial charge in [-0.15, -0.1) is 11.6 Å². The molecule has 0 aromatic heterocycles. The van der Waals surface area contributed by atoms with E-state index in [0.29, 0.717) is 18.6 Å². The maximum Gasteiger partial charge on any atom is 0.338 e. The Hall–Kier alpha value is -2.41. The summed E-state index contributed by atoms with van der Waals surface area (Å²) in [5.74, 6) is -1.58. The van der Waals surface area contributed by atoms with Crippen LogP contribution < -0.4 is 0 Å². The summed E-state index contributed by atoms with van der Waals surface area (Å²) >= 11 is 6.81. The molecule has 2 fully saturated rings. The Morgan fingerprint density at radius 2 is 1.71 bits per heavy atom. The maximum absolute atomic E-state index is 12.8. The number of nitrogens with zero attached hydrogens (tertiary/aromatic N) is 1. The first kappa shape index (κ1) is 21.8. The van der Waals surface area contributed by atoms with Crippen molar-refractivity contribution >= 4 is 23.5 Å². The van der Waals surface area contributed by atoms with Gasteiger partial charge in [0, 0.05) is 12.5 Å². The second kappa shape index (κ2) is 9.39. The standard InChI is InChI=1S/C24H26ClNO5/c1-26-17-13-18(31-23(27)16-11-7-4-8-12-16)19(24(28)29-2)21(26)22(20(17)25)30-14-15-9-5-3-6-10-15/h3-12,17-22H,13-14H2,1-2H3/t17-,18+,19+,20+,21+,22+/m1/s1. The topological polar surface area (TPSA) is 65.1 Å². The number of likely N-dealkylation sites (N-methyl/N-ethyl adjacent to an activating group) is 1.